The fourth-order valence-corrected chi connectivity index (χ4v) is 1.12. The molecule has 0 saturated carbocycles. The zero-order valence-corrected chi connectivity index (χ0v) is 9.73. The highest BCUT2D eigenvalue weighted by Crippen LogP contribution is 1.92. The van der Waals surface area contributed by atoms with Crippen molar-refractivity contribution >= 4 is 17.9 Å². The first-order valence-electron chi connectivity index (χ1n) is 4.94. The average molecular weight is 247 g/mol. The number of carboxylic acids is 1. The minimum atomic E-state index is -1.33. The number of nitrogens with one attached hydrogen (secondary N) is 2. The van der Waals surface area contributed by atoms with Gasteiger partial charge in [0.1, 0.15) is 6.04 Å². The molecule has 1 unspecified atom stereocenters. The molecule has 2 atom stereocenters. The molecule has 0 fully saturated rings. The fraction of sp³-hybridized carbons (Fsp3) is 0.667. The van der Waals surface area contributed by atoms with E-state index in [2.05, 4.69) is 10.6 Å². The van der Waals surface area contributed by atoms with E-state index in [9.17, 15) is 14.4 Å². The van der Waals surface area contributed by atoms with Crippen LogP contribution in [0.5, 0.6) is 0 Å². The van der Waals surface area contributed by atoms with E-state index in [-0.39, 0.29) is 6.04 Å². The third-order valence-corrected chi connectivity index (χ3v) is 1.80. The standard InChI is InChI=1S/C9H17N3O5/c1-5(4-17-2)11-9(16)12-6(8(14)15)3-7(10)13/h5-6H,3-4H2,1-2H3,(H2,10,13)(H,14,15)(H2,11,12,16)/t5?,6-/m1/s1. The summed E-state index contributed by atoms with van der Waals surface area (Å²) in [5.74, 6) is -2.12. The van der Waals surface area contributed by atoms with Gasteiger partial charge in [-0.3, -0.25) is 4.79 Å². The Hall–Kier alpha value is -1.83. The summed E-state index contributed by atoms with van der Waals surface area (Å²) in [5.41, 5.74) is 4.86. The zero-order chi connectivity index (χ0) is 13.4. The van der Waals surface area contributed by atoms with Gasteiger partial charge >= 0.3 is 12.0 Å². The molecular weight excluding hydrogens is 230 g/mol. The predicted octanol–water partition coefficient (Wildman–Crippen LogP) is -1.35. The van der Waals surface area contributed by atoms with Gasteiger partial charge in [0, 0.05) is 7.11 Å². The van der Waals surface area contributed by atoms with E-state index in [1.807, 2.05) is 0 Å². The summed E-state index contributed by atoms with van der Waals surface area (Å²) in [6.07, 6.45) is -0.457. The van der Waals surface area contributed by atoms with Crippen molar-refractivity contribution in [2.45, 2.75) is 25.4 Å². The van der Waals surface area contributed by atoms with Crippen LogP contribution in [0.3, 0.4) is 0 Å². The third-order valence-electron chi connectivity index (χ3n) is 1.80. The molecule has 98 valence electrons. The highest BCUT2D eigenvalue weighted by atomic mass is 16.5. The molecule has 17 heavy (non-hydrogen) atoms. The van der Waals surface area contributed by atoms with Crippen LogP contribution in [0.25, 0.3) is 0 Å². The molecular formula is C9H17N3O5. The van der Waals surface area contributed by atoms with Gasteiger partial charge in [0.05, 0.1) is 19.1 Å². The summed E-state index contributed by atoms with van der Waals surface area (Å²) in [5, 5.41) is 13.3. The average Bonchev–Trinajstić information content (AvgIpc) is 2.15. The van der Waals surface area contributed by atoms with Gasteiger partial charge in [-0.15, -0.1) is 0 Å². The molecule has 0 aliphatic heterocycles. The van der Waals surface area contributed by atoms with Gasteiger partial charge < -0.3 is 26.2 Å². The Balaban J connectivity index is 4.21. The van der Waals surface area contributed by atoms with Crippen LogP contribution in [-0.4, -0.2) is 48.8 Å². The second kappa shape index (κ2) is 7.44. The maximum Gasteiger partial charge on any atom is 0.326 e. The number of hydrogen-bond acceptors (Lipinski definition) is 4. The number of carboxylic acid groups (broad SMARTS) is 1. The van der Waals surface area contributed by atoms with E-state index >= 15 is 0 Å². The lowest BCUT2D eigenvalue weighted by Gasteiger charge is -2.17. The Kier molecular flexibility index (Phi) is 6.64. The van der Waals surface area contributed by atoms with Gasteiger partial charge in [0.25, 0.3) is 0 Å². The monoisotopic (exact) mass is 247 g/mol. The van der Waals surface area contributed by atoms with Gasteiger partial charge in [-0.2, -0.15) is 0 Å². The van der Waals surface area contributed by atoms with Gasteiger partial charge in [0.15, 0.2) is 0 Å². The molecule has 0 bridgehead atoms. The topological polar surface area (TPSA) is 131 Å². The molecule has 0 aliphatic carbocycles. The highest BCUT2D eigenvalue weighted by molar-refractivity contribution is 5.87. The van der Waals surface area contributed by atoms with E-state index < -0.39 is 30.4 Å². The van der Waals surface area contributed by atoms with Crippen molar-refractivity contribution in [3.63, 3.8) is 0 Å². The summed E-state index contributed by atoms with van der Waals surface area (Å²) in [6.45, 7) is 1.98. The van der Waals surface area contributed by atoms with Gasteiger partial charge in [-0.05, 0) is 6.92 Å². The highest BCUT2D eigenvalue weighted by Gasteiger charge is 2.22. The summed E-state index contributed by atoms with van der Waals surface area (Å²) in [6, 6.07) is -2.30. The molecule has 5 N–H and O–H groups in total. The number of rotatable bonds is 7. The lowest BCUT2D eigenvalue weighted by Crippen LogP contribution is -2.50. The van der Waals surface area contributed by atoms with Crippen molar-refractivity contribution < 1.29 is 24.2 Å². The van der Waals surface area contributed by atoms with Crippen LogP contribution in [-0.2, 0) is 14.3 Å². The number of amides is 3. The van der Waals surface area contributed by atoms with Crippen LogP contribution in [0.4, 0.5) is 4.79 Å². The van der Waals surface area contributed by atoms with Gasteiger partial charge in [-0.1, -0.05) is 0 Å². The third kappa shape index (κ3) is 7.12. The lowest BCUT2D eigenvalue weighted by molar-refractivity contribution is -0.140. The van der Waals surface area contributed by atoms with Crippen LogP contribution in [0.1, 0.15) is 13.3 Å². The van der Waals surface area contributed by atoms with Crippen molar-refractivity contribution in [2.24, 2.45) is 5.73 Å². The molecule has 8 nitrogen and oxygen atoms in total. The predicted molar refractivity (Wildman–Crippen MR) is 58.2 cm³/mol. The number of nitrogens with two attached hydrogens (primary N) is 1. The first kappa shape index (κ1) is 15.2. The van der Waals surface area contributed by atoms with E-state index in [1.54, 1.807) is 6.92 Å². The number of carbonyl (C=O) groups is 3. The quantitative estimate of drug-likeness (QED) is 0.441. The molecule has 0 spiro atoms. The van der Waals surface area contributed by atoms with Crippen LogP contribution in [0.2, 0.25) is 0 Å². The second-order valence-electron chi connectivity index (χ2n) is 3.54. The summed E-state index contributed by atoms with van der Waals surface area (Å²) in [4.78, 5) is 32.6. The summed E-state index contributed by atoms with van der Waals surface area (Å²) in [7, 11) is 1.48. The van der Waals surface area contributed by atoms with E-state index in [0.29, 0.717) is 6.61 Å². The number of ether oxygens (including phenoxy) is 1. The molecule has 0 aromatic rings. The molecule has 0 aromatic carbocycles. The smallest absolute Gasteiger partial charge is 0.326 e. The minimum absolute atomic E-state index is 0.275. The molecule has 3 amide bonds. The van der Waals surface area contributed by atoms with E-state index in [4.69, 9.17) is 15.6 Å². The second-order valence-corrected chi connectivity index (χ2v) is 3.54. The maximum absolute atomic E-state index is 11.3. The largest absolute Gasteiger partial charge is 0.480 e. The number of methoxy groups -OCH3 is 1. The van der Waals surface area contributed by atoms with Crippen LogP contribution in [0, 0.1) is 0 Å². The number of carbonyl (C=O) groups excluding carboxylic acids is 2. The van der Waals surface area contributed by atoms with Gasteiger partial charge in [-0.25, -0.2) is 9.59 Å². The maximum atomic E-state index is 11.3. The molecule has 0 rings (SSSR count). The number of primary amides is 1. The van der Waals surface area contributed by atoms with E-state index in [0.717, 1.165) is 0 Å². The minimum Gasteiger partial charge on any atom is -0.480 e. The van der Waals surface area contributed by atoms with Crippen LogP contribution in [0.15, 0.2) is 0 Å². The normalized spacial score (nSPS) is 13.5. The molecule has 0 saturated heterocycles. The van der Waals surface area contributed by atoms with Crippen LogP contribution < -0.4 is 16.4 Å². The van der Waals surface area contributed by atoms with Gasteiger partial charge in [0.2, 0.25) is 5.91 Å². The lowest BCUT2D eigenvalue weighted by atomic mass is 10.2. The Morgan fingerprint density at radius 2 is 1.94 bits per heavy atom. The Labute approximate surface area is 98.5 Å². The van der Waals surface area contributed by atoms with Crippen molar-refractivity contribution in [1.82, 2.24) is 10.6 Å². The zero-order valence-electron chi connectivity index (χ0n) is 9.73. The molecule has 8 heteroatoms. The number of hydrogen-bond donors (Lipinski definition) is 4. The van der Waals surface area contributed by atoms with Crippen molar-refractivity contribution in [1.29, 1.82) is 0 Å². The number of aliphatic carboxylic acids is 1. The van der Waals surface area contributed by atoms with Crippen LogP contribution >= 0.6 is 0 Å². The summed E-state index contributed by atoms with van der Waals surface area (Å²) >= 11 is 0. The molecule has 0 aliphatic rings. The molecule has 0 heterocycles. The van der Waals surface area contributed by atoms with E-state index in [1.165, 1.54) is 7.11 Å². The molecule has 0 aromatic heterocycles. The Morgan fingerprint density at radius 3 is 2.35 bits per heavy atom. The first-order valence-corrected chi connectivity index (χ1v) is 4.94. The summed E-state index contributed by atoms with van der Waals surface area (Å²) < 4.78 is 4.79. The molecule has 0 radical (unpaired) electrons. The van der Waals surface area contributed by atoms with Crippen molar-refractivity contribution in [2.75, 3.05) is 13.7 Å². The number of urea groups is 1. The SMILES string of the molecule is COCC(C)NC(=O)N[C@H](CC(N)=O)C(=O)O. The Bertz CT molecular complexity index is 294. The van der Waals surface area contributed by atoms with Crippen molar-refractivity contribution in [3.05, 3.63) is 0 Å². The fourth-order valence-electron chi connectivity index (χ4n) is 1.12. The first-order chi connectivity index (χ1) is 7.86. The van der Waals surface area contributed by atoms with Crippen molar-refractivity contribution in [3.8, 4) is 0 Å². The Morgan fingerprint density at radius 1 is 1.35 bits per heavy atom.